The molecule has 0 bridgehead atoms. The molecule has 0 aliphatic carbocycles. The van der Waals surface area contributed by atoms with E-state index in [4.69, 9.17) is 4.42 Å². The van der Waals surface area contributed by atoms with Gasteiger partial charge in [0.1, 0.15) is 6.04 Å². The van der Waals surface area contributed by atoms with Gasteiger partial charge in [0.2, 0.25) is 5.91 Å². The number of nitrogens with zero attached hydrogens (tertiary/aromatic N) is 2. The Bertz CT molecular complexity index is 716. The van der Waals surface area contributed by atoms with Gasteiger partial charge in [-0.05, 0) is 56.2 Å². The quantitative estimate of drug-likeness (QED) is 0.857. The molecular weight excluding hydrogens is 292 g/mol. The lowest BCUT2D eigenvalue weighted by atomic mass is 10.1. The van der Waals surface area contributed by atoms with Crippen molar-refractivity contribution in [3.05, 3.63) is 53.5 Å². The Hall–Kier alpha value is -2.56. The summed E-state index contributed by atoms with van der Waals surface area (Å²) in [6.07, 6.45) is 1.46. The maximum atomic E-state index is 12.7. The van der Waals surface area contributed by atoms with Gasteiger partial charge in [-0.25, -0.2) is 0 Å². The molecule has 1 fully saturated rings. The molecule has 3 rings (SSSR count). The first-order valence-corrected chi connectivity index (χ1v) is 7.71. The summed E-state index contributed by atoms with van der Waals surface area (Å²) in [5.41, 5.74) is 3.13. The number of piperazine rings is 1. The van der Waals surface area contributed by atoms with Crippen molar-refractivity contribution in [2.75, 3.05) is 18.0 Å². The van der Waals surface area contributed by atoms with Crippen LogP contribution in [-0.4, -0.2) is 35.8 Å². The minimum Gasteiger partial charge on any atom is -0.459 e. The predicted molar refractivity (Wildman–Crippen MR) is 87.5 cm³/mol. The van der Waals surface area contributed by atoms with Gasteiger partial charge in [0.25, 0.3) is 5.91 Å². The molecule has 1 aromatic carbocycles. The van der Waals surface area contributed by atoms with E-state index in [1.165, 1.54) is 6.26 Å². The molecule has 0 unspecified atom stereocenters. The molecule has 5 heteroatoms. The maximum absolute atomic E-state index is 12.7. The van der Waals surface area contributed by atoms with Crippen LogP contribution in [-0.2, 0) is 4.79 Å². The molecular formula is C18H20N2O3. The second-order valence-electron chi connectivity index (χ2n) is 5.99. The Morgan fingerprint density at radius 2 is 1.87 bits per heavy atom. The fraction of sp³-hybridized carbons (Fsp3) is 0.333. The van der Waals surface area contributed by atoms with Crippen LogP contribution in [0.1, 0.15) is 28.6 Å². The number of amides is 2. The van der Waals surface area contributed by atoms with E-state index in [0.717, 1.165) is 16.8 Å². The number of benzene rings is 1. The van der Waals surface area contributed by atoms with Crippen LogP contribution in [0, 0.1) is 13.8 Å². The molecule has 0 saturated carbocycles. The number of aryl methyl sites for hydroxylation is 2. The average Bonchev–Trinajstić information content (AvgIpc) is 3.02. The third kappa shape index (κ3) is 2.86. The highest BCUT2D eigenvalue weighted by Crippen LogP contribution is 2.24. The van der Waals surface area contributed by atoms with E-state index in [-0.39, 0.29) is 17.6 Å². The first kappa shape index (κ1) is 15.3. The van der Waals surface area contributed by atoms with Crippen LogP contribution in [0.2, 0.25) is 0 Å². The number of hydrogen-bond donors (Lipinski definition) is 0. The van der Waals surface area contributed by atoms with Crippen molar-refractivity contribution < 1.29 is 14.0 Å². The van der Waals surface area contributed by atoms with E-state index >= 15 is 0 Å². The van der Waals surface area contributed by atoms with Gasteiger partial charge in [0.15, 0.2) is 5.76 Å². The number of anilines is 1. The third-order valence-corrected chi connectivity index (χ3v) is 4.17. The molecule has 0 radical (unpaired) electrons. The minimum atomic E-state index is -0.512. The monoisotopic (exact) mass is 312 g/mol. The average molecular weight is 312 g/mol. The Labute approximate surface area is 135 Å². The van der Waals surface area contributed by atoms with Gasteiger partial charge in [-0.15, -0.1) is 0 Å². The Morgan fingerprint density at radius 3 is 2.48 bits per heavy atom. The van der Waals surface area contributed by atoms with Gasteiger partial charge >= 0.3 is 0 Å². The lowest BCUT2D eigenvalue weighted by Gasteiger charge is -2.38. The third-order valence-electron chi connectivity index (χ3n) is 4.17. The molecule has 1 atom stereocenters. The summed E-state index contributed by atoms with van der Waals surface area (Å²) >= 11 is 0. The first-order valence-electron chi connectivity index (χ1n) is 7.71. The van der Waals surface area contributed by atoms with Crippen molar-refractivity contribution in [3.8, 4) is 0 Å². The van der Waals surface area contributed by atoms with Crippen LogP contribution in [0.3, 0.4) is 0 Å². The zero-order valence-electron chi connectivity index (χ0n) is 13.6. The summed E-state index contributed by atoms with van der Waals surface area (Å²) in [4.78, 5) is 28.5. The minimum absolute atomic E-state index is 0.0684. The highest BCUT2D eigenvalue weighted by molar-refractivity contribution is 6.02. The van der Waals surface area contributed by atoms with Crippen LogP contribution in [0.5, 0.6) is 0 Å². The molecule has 1 aliphatic rings. The summed E-state index contributed by atoms with van der Waals surface area (Å²) in [5.74, 6) is -0.0402. The summed E-state index contributed by atoms with van der Waals surface area (Å²) in [7, 11) is 0. The molecule has 0 N–H and O–H groups in total. The lowest BCUT2D eigenvalue weighted by molar-refractivity contribution is -0.124. The van der Waals surface area contributed by atoms with Crippen LogP contribution in [0.25, 0.3) is 0 Å². The molecule has 1 aromatic heterocycles. The molecule has 5 nitrogen and oxygen atoms in total. The molecule has 0 spiro atoms. The van der Waals surface area contributed by atoms with Crippen LogP contribution in [0.4, 0.5) is 5.69 Å². The summed E-state index contributed by atoms with van der Waals surface area (Å²) in [5, 5.41) is 0. The SMILES string of the molecule is Cc1cc(C)cc(N2CCN(C(=O)c3ccco3)[C@@H](C)C2=O)c1. The molecule has 2 heterocycles. The molecule has 1 saturated heterocycles. The molecule has 1 aliphatic heterocycles. The van der Waals surface area contributed by atoms with Gasteiger partial charge in [-0.1, -0.05) is 6.07 Å². The number of hydrogen-bond acceptors (Lipinski definition) is 3. The largest absolute Gasteiger partial charge is 0.459 e. The van der Waals surface area contributed by atoms with E-state index in [9.17, 15) is 9.59 Å². The van der Waals surface area contributed by atoms with Crippen molar-refractivity contribution in [2.45, 2.75) is 26.8 Å². The standard InChI is InChI=1S/C18H20N2O3/c1-12-9-13(2)11-15(10-12)20-7-6-19(14(3)17(20)21)18(22)16-5-4-8-23-16/h4-5,8-11,14H,6-7H2,1-3H3/t14-/m0/s1. The van der Waals surface area contributed by atoms with E-state index in [0.29, 0.717) is 13.1 Å². The van der Waals surface area contributed by atoms with Crippen LogP contribution < -0.4 is 4.90 Å². The Kier molecular flexibility index (Phi) is 3.94. The second kappa shape index (κ2) is 5.91. The lowest BCUT2D eigenvalue weighted by Crippen LogP contribution is -2.57. The molecule has 23 heavy (non-hydrogen) atoms. The normalized spacial score (nSPS) is 18.4. The summed E-state index contributed by atoms with van der Waals surface area (Å²) in [6, 6.07) is 8.86. The van der Waals surface area contributed by atoms with Gasteiger partial charge in [-0.3, -0.25) is 9.59 Å². The Morgan fingerprint density at radius 1 is 1.17 bits per heavy atom. The van der Waals surface area contributed by atoms with Crippen molar-refractivity contribution in [1.29, 1.82) is 0 Å². The van der Waals surface area contributed by atoms with Gasteiger partial charge < -0.3 is 14.2 Å². The smallest absolute Gasteiger partial charge is 0.290 e. The predicted octanol–water partition coefficient (Wildman–Crippen LogP) is 2.77. The van der Waals surface area contributed by atoms with Gasteiger partial charge in [-0.2, -0.15) is 0 Å². The van der Waals surface area contributed by atoms with Crippen molar-refractivity contribution >= 4 is 17.5 Å². The number of furan rings is 1. The van der Waals surface area contributed by atoms with Gasteiger partial charge in [0, 0.05) is 18.8 Å². The van der Waals surface area contributed by atoms with Gasteiger partial charge in [0.05, 0.1) is 6.26 Å². The summed E-state index contributed by atoms with van der Waals surface area (Å²) in [6.45, 7) is 6.76. The maximum Gasteiger partial charge on any atom is 0.290 e. The number of rotatable bonds is 2. The first-order chi connectivity index (χ1) is 11.0. The van der Waals surface area contributed by atoms with Crippen molar-refractivity contribution in [1.82, 2.24) is 4.90 Å². The zero-order valence-corrected chi connectivity index (χ0v) is 13.6. The Balaban J connectivity index is 1.82. The molecule has 120 valence electrons. The van der Waals surface area contributed by atoms with E-state index in [1.807, 2.05) is 26.0 Å². The van der Waals surface area contributed by atoms with Crippen molar-refractivity contribution in [2.24, 2.45) is 0 Å². The molecule has 2 amide bonds. The second-order valence-corrected chi connectivity index (χ2v) is 5.99. The highest BCUT2D eigenvalue weighted by atomic mass is 16.3. The van der Waals surface area contributed by atoms with E-state index in [1.54, 1.807) is 28.9 Å². The number of carbonyl (C=O) groups is 2. The van der Waals surface area contributed by atoms with E-state index < -0.39 is 6.04 Å². The number of carbonyl (C=O) groups excluding carboxylic acids is 2. The van der Waals surface area contributed by atoms with Crippen LogP contribution in [0.15, 0.2) is 41.0 Å². The highest BCUT2D eigenvalue weighted by Gasteiger charge is 2.36. The summed E-state index contributed by atoms with van der Waals surface area (Å²) < 4.78 is 5.16. The van der Waals surface area contributed by atoms with E-state index in [2.05, 4.69) is 6.07 Å². The molecule has 2 aromatic rings. The fourth-order valence-electron chi connectivity index (χ4n) is 3.05. The topological polar surface area (TPSA) is 53.8 Å². The van der Waals surface area contributed by atoms with Crippen LogP contribution >= 0.6 is 0 Å². The van der Waals surface area contributed by atoms with Crippen molar-refractivity contribution in [3.63, 3.8) is 0 Å². The fourth-order valence-corrected chi connectivity index (χ4v) is 3.05. The zero-order chi connectivity index (χ0) is 16.6.